The van der Waals surface area contributed by atoms with E-state index < -0.39 is 5.82 Å². The highest BCUT2D eigenvalue weighted by Gasteiger charge is 2.27. The number of hydrogen-bond donors (Lipinski definition) is 1. The summed E-state index contributed by atoms with van der Waals surface area (Å²) in [6, 6.07) is 13.0. The number of hydrogen-bond acceptors (Lipinski definition) is 2. The lowest BCUT2D eigenvalue weighted by atomic mass is 10.0. The van der Waals surface area contributed by atoms with Crippen molar-refractivity contribution in [2.24, 2.45) is 0 Å². The average molecular weight is 328 g/mol. The van der Waals surface area contributed by atoms with E-state index in [0.29, 0.717) is 0 Å². The van der Waals surface area contributed by atoms with Gasteiger partial charge in [0, 0.05) is 11.3 Å². The quantitative estimate of drug-likeness (QED) is 0.686. The van der Waals surface area contributed by atoms with Crippen LogP contribution in [0.2, 0.25) is 5.02 Å². The number of anilines is 1. The number of halogens is 2. The number of aromatic nitrogens is 2. The molecule has 1 unspecified atom stereocenters. The molecule has 1 aromatic heterocycles. The van der Waals surface area contributed by atoms with Crippen molar-refractivity contribution in [1.29, 1.82) is 0 Å². The molecule has 0 aliphatic carbocycles. The molecule has 0 radical (unpaired) electrons. The van der Waals surface area contributed by atoms with Gasteiger partial charge in [-0.3, -0.25) is 0 Å². The van der Waals surface area contributed by atoms with E-state index in [-0.39, 0.29) is 11.2 Å². The first-order valence-corrected chi connectivity index (χ1v) is 7.80. The lowest BCUT2D eigenvalue weighted by Crippen LogP contribution is -2.26. The van der Waals surface area contributed by atoms with Gasteiger partial charge in [0.25, 0.3) is 0 Å². The fourth-order valence-corrected chi connectivity index (χ4v) is 3.28. The van der Waals surface area contributed by atoms with Crippen molar-refractivity contribution in [3.63, 3.8) is 0 Å². The van der Waals surface area contributed by atoms with Crippen LogP contribution in [0.3, 0.4) is 0 Å². The first-order valence-electron chi connectivity index (χ1n) is 7.42. The predicted octanol–water partition coefficient (Wildman–Crippen LogP) is 4.93. The summed E-state index contributed by atoms with van der Waals surface area (Å²) in [7, 11) is 0. The Morgan fingerprint density at radius 3 is 2.78 bits per heavy atom. The SMILES string of the molecule is Cc1cc2n(n1)C(c1ccc(F)c(Cl)c1)Nc1c(C)cccc1-2. The van der Waals surface area contributed by atoms with Crippen molar-refractivity contribution in [3.8, 4) is 11.3 Å². The molecular weight excluding hydrogens is 313 g/mol. The molecule has 0 saturated carbocycles. The van der Waals surface area contributed by atoms with Crippen LogP contribution >= 0.6 is 11.6 Å². The van der Waals surface area contributed by atoms with Crippen molar-refractivity contribution >= 4 is 17.3 Å². The van der Waals surface area contributed by atoms with E-state index >= 15 is 0 Å². The maximum atomic E-state index is 13.5. The Hall–Kier alpha value is -2.33. The third-order valence-electron chi connectivity index (χ3n) is 4.19. The average Bonchev–Trinajstić information content (AvgIpc) is 2.91. The van der Waals surface area contributed by atoms with Gasteiger partial charge < -0.3 is 5.32 Å². The Labute approximate surface area is 138 Å². The maximum Gasteiger partial charge on any atom is 0.147 e. The van der Waals surface area contributed by atoms with E-state index in [0.717, 1.165) is 33.8 Å². The number of nitrogens with one attached hydrogen (secondary N) is 1. The number of benzene rings is 2. The minimum atomic E-state index is -0.417. The van der Waals surface area contributed by atoms with Crippen LogP contribution in [0.1, 0.15) is 23.0 Å². The molecular formula is C18H15ClFN3. The normalized spacial score (nSPS) is 15.7. The minimum absolute atomic E-state index is 0.116. The van der Waals surface area contributed by atoms with Crippen molar-refractivity contribution in [2.75, 3.05) is 5.32 Å². The summed E-state index contributed by atoms with van der Waals surface area (Å²) in [6.07, 6.45) is -0.217. The zero-order valence-electron chi connectivity index (χ0n) is 12.8. The molecule has 3 aromatic rings. The van der Waals surface area contributed by atoms with Crippen LogP contribution in [0.5, 0.6) is 0 Å². The van der Waals surface area contributed by atoms with Gasteiger partial charge in [-0.15, -0.1) is 0 Å². The lowest BCUT2D eigenvalue weighted by Gasteiger charge is -2.30. The van der Waals surface area contributed by atoms with Gasteiger partial charge in [0.15, 0.2) is 0 Å². The summed E-state index contributed by atoms with van der Waals surface area (Å²) in [5.74, 6) is -0.417. The molecule has 1 atom stereocenters. The molecule has 1 N–H and O–H groups in total. The predicted molar refractivity (Wildman–Crippen MR) is 90.3 cm³/mol. The largest absolute Gasteiger partial charge is 0.359 e. The highest BCUT2D eigenvalue weighted by atomic mass is 35.5. The molecule has 3 nitrogen and oxygen atoms in total. The first kappa shape index (κ1) is 14.3. The first-order chi connectivity index (χ1) is 11.0. The topological polar surface area (TPSA) is 29.9 Å². The van der Waals surface area contributed by atoms with E-state index in [1.54, 1.807) is 12.1 Å². The summed E-state index contributed by atoms with van der Waals surface area (Å²) >= 11 is 5.96. The van der Waals surface area contributed by atoms with Crippen LogP contribution in [-0.2, 0) is 0 Å². The Balaban J connectivity index is 1.93. The third-order valence-corrected chi connectivity index (χ3v) is 4.48. The monoisotopic (exact) mass is 327 g/mol. The van der Waals surface area contributed by atoms with Crippen molar-refractivity contribution in [3.05, 3.63) is 70.1 Å². The Kier molecular flexibility index (Phi) is 3.16. The molecule has 0 bridgehead atoms. The summed E-state index contributed by atoms with van der Waals surface area (Å²) in [6.45, 7) is 4.04. The van der Waals surface area contributed by atoms with Crippen LogP contribution in [0.25, 0.3) is 11.3 Å². The maximum absolute atomic E-state index is 13.5. The summed E-state index contributed by atoms with van der Waals surface area (Å²) in [4.78, 5) is 0. The molecule has 1 aliphatic rings. The molecule has 5 heteroatoms. The second kappa shape index (κ2) is 5.10. The fourth-order valence-electron chi connectivity index (χ4n) is 3.09. The number of aryl methyl sites for hydroxylation is 2. The zero-order valence-corrected chi connectivity index (χ0v) is 13.5. The van der Waals surface area contributed by atoms with Crippen molar-refractivity contribution < 1.29 is 4.39 Å². The van der Waals surface area contributed by atoms with E-state index in [4.69, 9.17) is 11.6 Å². The van der Waals surface area contributed by atoms with E-state index in [1.807, 2.05) is 17.7 Å². The fraction of sp³-hybridized carbons (Fsp3) is 0.167. The second-order valence-corrected chi connectivity index (χ2v) is 6.24. The van der Waals surface area contributed by atoms with Crippen LogP contribution in [0.15, 0.2) is 42.5 Å². The number of para-hydroxylation sites is 1. The Bertz CT molecular complexity index is 917. The summed E-state index contributed by atoms with van der Waals surface area (Å²) in [5.41, 5.74) is 6.21. The summed E-state index contributed by atoms with van der Waals surface area (Å²) in [5, 5.41) is 8.24. The zero-order chi connectivity index (χ0) is 16.1. The number of nitrogens with zero attached hydrogens (tertiary/aromatic N) is 2. The third kappa shape index (κ3) is 2.21. The molecule has 0 fully saturated rings. The molecule has 4 rings (SSSR count). The van der Waals surface area contributed by atoms with Crippen molar-refractivity contribution in [1.82, 2.24) is 9.78 Å². The van der Waals surface area contributed by atoms with Crippen LogP contribution in [-0.4, -0.2) is 9.78 Å². The van der Waals surface area contributed by atoms with Crippen molar-refractivity contribution in [2.45, 2.75) is 20.0 Å². The van der Waals surface area contributed by atoms with E-state index in [1.165, 1.54) is 6.07 Å². The standard InChI is InChI=1S/C18H15ClFN3/c1-10-4-3-5-13-16-8-11(2)22-23(16)18(21-17(10)13)12-6-7-15(20)14(19)9-12/h3-9,18,21H,1-2H3. The van der Waals surface area contributed by atoms with Gasteiger partial charge in [-0.2, -0.15) is 5.10 Å². The van der Waals surface area contributed by atoms with Gasteiger partial charge in [-0.1, -0.05) is 35.9 Å². The second-order valence-electron chi connectivity index (χ2n) is 5.83. The molecule has 0 amide bonds. The van der Waals surface area contributed by atoms with Gasteiger partial charge in [-0.05, 0) is 43.2 Å². The van der Waals surface area contributed by atoms with E-state index in [9.17, 15) is 4.39 Å². The highest BCUT2D eigenvalue weighted by Crippen LogP contribution is 2.40. The lowest BCUT2D eigenvalue weighted by molar-refractivity contribution is 0.567. The summed E-state index contributed by atoms with van der Waals surface area (Å²) < 4.78 is 15.4. The van der Waals surface area contributed by atoms with Gasteiger partial charge in [0.1, 0.15) is 12.0 Å². The Morgan fingerprint density at radius 1 is 1.17 bits per heavy atom. The van der Waals surface area contributed by atoms with Gasteiger partial charge in [0.2, 0.25) is 0 Å². The molecule has 1 aliphatic heterocycles. The molecule has 2 aromatic carbocycles. The van der Waals surface area contributed by atoms with E-state index in [2.05, 4.69) is 35.5 Å². The van der Waals surface area contributed by atoms with Gasteiger partial charge in [-0.25, -0.2) is 9.07 Å². The van der Waals surface area contributed by atoms with Crippen LogP contribution in [0.4, 0.5) is 10.1 Å². The number of fused-ring (bicyclic) bond motifs is 3. The van der Waals surface area contributed by atoms with Gasteiger partial charge >= 0.3 is 0 Å². The van der Waals surface area contributed by atoms with Crippen LogP contribution < -0.4 is 5.32 Å². The van der Waals surface area contributed by atoms with Crippen LogP contribution in [0, 0.1) is 19.7 Å². The molecule has 116 valence electrons. The molecule has 0 saturated heterocycles. The molecule has 0 spiro atoms. The molecule has 23 heavy (non-hydrogen) atoms. The highest BCUT2D eigenvalue weighted by molar-refractivity contribution is 6.30. The smallest absolute Gasteiger partial charge is 0.147 e. The Morgan fingerprint density at radius 2 is 2.00 bits per heavy atom. The minimum Gasteiger partial charge on any atom is -0.359 e. The number of rotatable bonds is 1. The van der Waals surface area contributed by atoms with Gasteiger partial charge in [0.05, 0.1) is 16.4 Å². The molecule has 2 heterocycles.